The van der Waals surface area contributed by atoms with Crippen LogP contribution in [0.2, 0.25) is 0 Å². The van der Waals surface area contributed by atoms with Crippen LogP contribution in [0.1, 0.15) is 13.3 Å². The Labute approximate surface area is 114 Å². The molecule has 0 bridgehead atoms. The monoisotopic (exact) mass is 258 g/mol. The molecule has 0 saturated heterocycles. The summed E-state index contributed by atoms with van der Waals surface area (Å²) in [6.07, 6.45) is 3.23. The molecule has 2 aromatic rings. The molecule has 19 heavy (non-hydrogen) atoms. The van der Waals surface area contributed by atoms with Gasteiger partial charge in [-0.15, -0.1) is 0 Å². The van der Waals surface area contributed by atoms with Gasteiger partial charge in [-0.25, -0.2) is 0 Å². The Morgan fingerprint density at radius 1 is 1.21 bits per heavy atom. The van der Waals surface area contributed by atoms with Crippen molar-refractivity contribution in [3.63, 3.8) is 0 Å². The second kappa shape index (κ2) is 6.83. The van der Waals surface area contributed by atoms with Crippen molar-refractivity contribution in [2.24, 2.45) is 4.99 Å². The molecule has 0 spiro atoms. The molecule has 0 aliphatic heterocycles. The number of nitrogens with zero attached hydrogens (tertiary/aromatic N) is 2. The van der Waals surface area contributed by atoms with Crippen LogP contribution in [0, 0.1) is 0 Å². The van der Waals surface area contributed by atoms with Gasteiger partial charge in [0.15, 0.2) is 5.96 Å². The number of rotatable bonds is 5. The summed E-state index contributed by atoms with van der Waals surface area (Å²) in [6, 6.07) is 10.6. The molecule has 0 aliphatic rings. The van der Waals surface area contributed by atoms with Gasteiger partial charge in [0.05, 0.1) is 0 Å². The quantitative estimate of drug-likeness (QED) is 0.490. The first-order valence-corrected chi connectivity index (χ1v) is 6.83. The van der Waals surface area contributed by atoms with Crippen molar-refractivity contribution in [1.29, 1.82) is 0 Å². The standard InChI is InChI=1S/C15H22N4/c1-3-17-15(16-2)18-10-6-11-19-12-9-13-7-4-5-8-14(13)19/h4-5,7-9,12H,3,6,10-11H2,1-2H3,(H2,16,17,18). The summed E-state index contributed by atoms with van der Waals surface area (Å²) >= 11 is 0. The summed E-state index contributed by atoms with van der Waals surface area (Å²) in [7, 11) is 1.80. The molecule has 1 heterocycles. The Hall–Kier alpha value is -1.97. The molecule has 0 aliphatic carbocycles. The van der Waals surface area contributed by atoms with E-state index in [2.05, 4.69) is 63.6 Å². The van der Waals surface area contributed by atoms with Crippen LogP contribution in [-0.4, -0.2) is 30.7 Å². The minimum absolute atomic E-state index is 0.875. The van der Waals surface area contributed by atoms with Crippen molar-refractivity contribution < 1.29 is 0 Å². The Kier molecular flexibility index (Phi) is 4.84. The fourth-order valence-electron chi connectivity index (χ4n) is 2.18. The van der Waals surface area contributed by atoms with Gasteiger partial charge in [-0.2, -0.15) is 0 Å². The van der Waals surface area contributed by atoms with Crippen molar-refractivity contribution in [3.05, 3.63) is 36.5 Å². The first kappa shape index (κ1) is 13.5. The molecule has 0 unspecified atom stereocenters. The molecule has 4 nitrogen and oxygen atoms in total. The van der Waals surface area contributed by atoms with Crippen LogP contribution in [0.4, 0.5) is 0 Å². The van der Waals surface area contributed by atoms with Crippen molar-refractivity contribution >= 4 is 16.9 Å². The van der Waals surface area contributed by atoms with Crippen LogP contribution in [-0.2, 0) is 6.54 Å². The van der Waals surface area contributed by atoms with E-state index >= 15 is 0 Å². The molecular formula is C15H22N4. The minimum Gasteiger partial charge on any atom is -0.357 e. The van der Waals surface area contributed by atoms with Gasteiger partial charge in [-0.1, -0.05) is 18.2 Å². The summed E-state index contributed by atoms with van der Waals surface area (Å²) in [5.41, 5.74) is 1.30. The average Bonchev–Trinajstić information content (AvgIpc) is 2.85. The molecule has 2 N–H and O–H groups in total. The van der Waals surface area contributed by atoms with Gasteiger partial charge in [-0.05, 0) is 30.9 Å². The van der Waals surface area contributed by atoms with E-state index in [1.807, 2.05) is 0 Å². The fourth-order valence-corrected chi connectivity index (χ4v) is 2.18. The molecule has 0 saturated carbocycles. The first-order chi connectivity index (χ1) is 9.35. The second-order valence-electron chi connectivity index (χ2n) is 4.45. The van der Waals surface area contributed by atoms with Crippen LogP contribution in [0.5, 0.6) is 0 Å². The van der Waals surface area contributed by atoms with E-state index in [9.17, 15) is 0 Å². The fraction of sp³-hybridized carbons (Fsp3) is 0.400. The van der Waals surface area contributed by atoms with Gasteiger partial charge >= 0.3 is 0 Å². The topological polar surface area (TPSA) is 41.4 Å². The maximum absolute atomic E-state index is 4.15. The maximum Gasteiger partial charge on any atom is 0.190 e. The number of benzene rings is 1. The van der Waals surface area contributed by atoms with Crippen molar-refractivity contribution in [2.45, 2.75) is 19.9 Å². The largest absolute Gasteiger partial charge is 0.357 e. The lowest BCUT2D eigenvalue weighted by Gasteiger charge is -2.10. The third-order valence-electron chi connectivity index (χ3n) is 3.12. The van der Waals surface area contributed by atoms with Gasteiger partial charge in [-0.3, -0.25) is 4.99 Å². The predicted octanol–water partition coefficient (Wildman–Crippen LogP) is 2.22. The number of nitrogens with one attached hydrogen (secondary N) is 2. The molecule has 4 heteroatoms. The third kappa shape index (κ3) is 3.50. The highest BCUT2D eigenvalue weighted by Gasteiger charge is 1.99. The summed E-state index contributed by atoms with van der Waals surface area (Å²) < 4.78 is 2.30. The van der Waals surface area contributed by atoms with E-state index in [-0.39, 0.29) is 0 Å². The van der Waals surface area contributed by atoms with Gasteiger partial charge in [0, 0.05) is 38.4 Å². The zero-order valence-electron chi connectivity index (χ0n) is 11.7. The highest BCUT2D eigenvalue weighted by Crippen LogP contribution is 2.14. The van der Waals surface area contributed by atoms with E-state index in [4.69, 9.17) is 0 Å². The Bertz CT molecular complexity index is 542. The smallest absolute Gasteiger partial charge is 0.190 e. The summed E-state index contributed by atoms with van der Waals surface area (Å²) in [5.74, 6) is 0.875. The lowest BCUT2D eigenvalue weighted by Crippen LogP contribution is -2.37. The number of aliphatic imine (C=N–C) groups is 1. The SMILES string of the molecule is CCNC(=NC)NCCCn1ccc2ccccc21. The zero-order valence-corrected chi connectivity index (χ0v) is 11.7. The summed E-state index contributed by atoms with van der Waals surface area (Å²) in [5, 5.41) is 7.80. The van der Waals surface area contributed by atoms with Crippen LogP contribution in [0.25, 0.3) is 10.9 Å². The van der Waals surface area contributed by atoms with Gasteiger partial charge in [0.25, 0.3) is 0 Å². The van der Waals surface area contributed by atoms with Crippen LogP contribution in [0.15, 0.2) is 41.5 Å². The van der Waals surface area contributed by atoms with Crippen molar-refractivity contribution in [1.82, 2.24) is 15.2 Å². The van der Waals surface area contributed by atoms with Gasteiger partial charge in [0.2, 0.25) is 0 Å². The van der Waals surface area contributed by atoms with Gasteiger partial charge in [0.1, 0.15) is 0 Å². The Morgan fingerprint density at radius 3 is 2.84 bits per heavy atom. The number of guanidine groups is 1. The van der Waals surface area contributed by atoms with Gasteiger partial charge < -0.3 is 15.2 Å². The molecule has 1 aromatic heterocycles. The number of hydrogen-bond acceptors (Lipinski definition) is 1. The predicted molar refractivity (Wildman–Crippen MR) is 81.6 cm³/mol. The minimum atomic E-state index is 0.875. The van der Waals surface area contributed by atoms with E-state index in [1.165, 1.54) is 10.9 Å². The van der Waals surface area contributed by atoms with E-state index in [0.717, 1.165) is 32.0 Å². The van der Waals surface area contributed by atoms with E-state index in [0.29, 0.717) is 0 Å². The molecule has 0 fully saturated rings. The third-order valence-corrected chi connectivity index (χ3v) is 3.12. The molecule has 0 radical (unpaired) electrons. The maximum atomic E-state index is 4.15. The summed E-state index contributed by atoms with van der Waals surface area (Å²) in [4.78, 5) is 4.15. The molecule has 2 rings (SSSR count). The highest BCUT2D eigenvalue weighted by atomic mass is 15.2. The molecule has 102 valence electrons. The number of para-hydroxylation sites is 1. The van der Waals surface area contributed by atoms with Crippen molar-refractivity contribution in [2.75, 3.05) is 20.1 Å². The lowest BCUT2D eigenvalue weighted by atomic mass is 10.2. The number of hydrogen-bond donors (Lipinski definition) is 2. The van der Waals surface area contributed by atoms with Crippen LogP contribution < -0.4 is 10.6 Å². The van der Waals surface area contributed by atoms with E-state index in [1.54, 1.807) is 7.05 Å². The Morgan fingerprint density at radius 2 is 2.05 bits per heavy atom. The van der Waals surface area contributed by atoms with E-state index < -0.39 is 0 Å². The second-order valence-corrected chi connectivity index (χ2v) is 4.45. The normalized spacial score (nSPS) is 11.8. The Balaban J connectivity index is 1.83. The lowest BCUT2D eigenvalue weighted by molar-refractivity contribution is 0.642. The average molecular weight is 258 g/mol. The van der Waals surface area contributed by atoms with Crippen LogP contribution in [0.3, 0.4) is 0 Å². The van der Waals surface area contributed by atoms with Crippen LogP contribution >= 0.6 is 0 Å². The number of fused-ring (bicyclic) bond motifs is 1. The molecule has 0 atom stereocenters. The highest BCUT2D eigenvalue weighted by molar-refractivity contribution is 5.80. The molecule has 1 aromatic carbocycles. The number of aromatic nitrogens is 1. The molecular weight excluding hydrogens is 236 g/mol. The first-order valence-electron chi connectivity index (χ1n) is 6.83. The number of aryl methyl sites for hydroxylation is 1. The molecule has 0 amide bonds. The van der Waals surface area contributed by atoms with Crippen molar-refractivity contribution in [3.8, 4) is 0 Å². The summed E-state index contributed by atoms with van der Waals surface area (Å²) in [6.45, 7) is 4.90. The zero-order chi connectivity index (χ0) is 13.5.